The van der Waals surface area contributed by atoms with Crippen molar-refractivity contribution < 1.29 is 9.30 Å². The van der Waals surface area contributed by atoms with Gasteiger partial charge < -0.3 is 4.74 Å². The van der Waals surface area contributed by atoms with Gasteiger partial charge in [0.2, 0.25) is 0 Å². The molecule has 0 aliphatic carbocycles. The average molecular weight is 211 g/mol. The van der Waals surface area contributed by atoms with Gasteiger partial charge in [-0.2, -0.15) is 0 Å². The fourth-order valence-electron chi connectivity index (χ4n) is 1.67. The van der Waals surface area contributed by atoms with Gasteiger partial charge in [-0.1, -0.05) is 19.8 Å². The van der Waals surface area contributed by atoms with Crippen LogP contribution in [0.4, 0.5) is 0 Å². The Labute approximate surface area is 92.5 Å². The smallest absolute Gasteiger partial charge is 0.254 e. The Balaban J connectivity index is 2.32. The van der Waals surface area contributed by atoms with Crippen LogP contribution in [0.3, 0.4) is 0 Å². The summed E-state index contributed by atoms with van der Waals surface area (Å²) in [6.45, 7) is 6.83. The Kier molecular flexibility index (Phi) is 6.09. The van der Waals surface area contributed by atoms with Gasteiger partial charge in [0.1, 0.15) is 18.9 Å². The van der Waals surface area contributed by atoms with E-state index in [0.29, 0.717) is 0 Å². The maximum absolute atomic E-state index is 5.35. The lowest BCUT2D eigenvalue weighted by Gasteiger charge is -2.01. The summed E-state index contributed by atoms with van der Waals surface area (Å²) in [5.41, 5.74) is 0. The zero-order valence-electron chi connectivity index (χ0n) is 9.96. The molecule has 0 atom stereocenters. The number of aryl methyl sites for hydroxylation is 1. The minimum atomic E-state index is 0.802. The summed E-state index contributed by atoms with van der Waals surface area (Å²) in [5, 5.41) is 0. The van der Waals surface area contributed by atoms with Crippen LogP contribution >= 0.6 is 0 Å². The molecular weight excluding hydrogens is 188 g/mol. The van der Waals surface area contributed by atoms with Crippen molar-refractivity contribution in [3.63, 3.8) is 0 Å². The molecule has 0 radical (unpaired) electrons. The van der Waals surface area contributed by atoms with Gasteiger partial charge in [-0.05, 0) is 13.3 Å². The van der Waals surface area contributed by atoms with Gasteiger partial charge in [0.05, 0.1) is 6.61 Å². The monoisotopic (exact) mass is 211 g/mol. The van der Waals surface area contributed by atoms with Gasteiger partial charge in [-0.15, -0.1) is 0 Å². The second-order valence-electron chi connectivity index (χ2n) is 3.75. The summed E-state index contributed by atoms with van der Waals surface area (Å²) >= 11 is 0. The summed E-state index contributed by atoms with van der Waals surface area (Å²) in [6.07, 6.45) is 9.11. The van der Waals surface area contributed by atoms with Crippen LogP contribution < -0.4 is 4.57 Å². The molecule has 3 heteroatoms. The molecule has 15 heavy (non-hydrogen) atoms. The van der Waals surface area contributed by atoms with Crippen molar-refractivity contribution in [2.24, 2.45) is 0 Å². The molecule has 0 aliphatic rings. The van der Waals surface area contributed by atoms with E-state index in [9.17, 15) is 0 Å². The van der Waals surface area contributed by atoms with Gasteiger partial charge in [-0.3, -0.25) is 0 Å². The van der Waals surface area contributed by atoms with Gasteiger partial charge in [-0.25, -0.2) is 9.55 Å². The zero-order valence-corrected chi connectivity index (χ0v) is 9.96. The van der Waals surface area contributed by atoms with E-state index in [1.165, 1.54) is 25.1 Å². The highest BCUT2D eigenvalue weighted by Gasteiger charge is 2.08. The number of unbranched alkanes of at least 4 members (excludes halogenated alkanes) is 2. The number of imidazole rings is 1. The molecule has 1 N–H and O–H groups in total. The lowest BCUT2D eigenvalue weighted by atomic mass is 10.2. The molecule has 0 unspecified atom stereocenters. The molecule has 0 saturated heterocycles. The van der Waals surface area contributed by atoms with Crippen molar-refractivity contribution in [3.05, 3.63) is 18.2 Å². The predicted molar refractivity (Wildman–Crippen MR) is 60.7 cm³/mol. The third-order valence-corrected chi connectivity index (χ3v) is 2.55. The van der Waals surface area contributed by atoms with Gasteiger partial charge >= 0.3 is 0 Å². The van der Waals surface area contributed by atoms with Crippen molar-refractivity contribution >= 4 is 0 Å². The van der Waals surface area contributed by atoms with Gasteiger partial charge in [0.15, 0.2) is 0 Å². The quantitative estimate of drug-likeness (QED) is 0.517. The lowest BCUT2D eigenvalue weighted by molar-refractivity contribution is -0.704. The van der Waals surface area contributed by atoms with Crippen LogP contribution in [0.2, 0.25) is 0 Å². The number of hydrogen-bond acceptors (Lipinski definition) is 1. The largest absolute Gasteiger partial charge is 0.378 e. The molecule has 1 aromatic heterocycles. The molecule has 0 amide bonds. The van der Waals surface area contributed by atoms with Crippen molar-refractivity contribution in [1.82, 2.24) is 4.98 Å². The van der Waals surface area contributed by atoms with Crippen LogP contribution in [-0.2, 0) is 17.7 Å². The highest BCUT2D eigenvalue weighted by Crippen LogP contribution is 1.99. The number of aromatic amines is 1. The number of rotatable bonds is 8. The number of nitrogens with one attached hydrogen (secondary N) is 1. The molecule has 1 rings (SSSR count). The van der Waals surface area contributed by atoms with Crippen molar-refractivity contribution in [3.8, 4) is 0 Å². The minimum absolute atomic E-state index is 0.802. The molecule has 3 nitrogen and oxygen atoms in total. The molecule has 86 valence electrons. The van der Waals surface area contributed by atoms with E-state index in [1.807, 2.05) is 13.1 Å². The normalized spacial score (nSPS) is 10.8. The molecule has 0 spiro atoms. The number of hydrogen-bond donors (Lipinski definition) is 1. The van der Waals surface area contributed by atoms with Gasteiger partial charge in [0, 0.05) is 13.0 Å². The second-order valence-corrected chi connectivity index (χ2v) is 3.75. The summed E-state index contributed by atoms with van der Waals surface area (Å²) in [4.78, 5) is 3.30. The molecule has 0 saturated carbocycles. The number of H-pyrrole nitrogens is 1. The number of ether oxygens (including phenoxy) is 1. The Bertz CT molecular complexity index is 233. The molecule has 0 aromatic carbocycles. The molecule has 0 aliphatic heterocycles. The first-order valence-electron chi connectivity index (χ1n) is 6.02. The first-order chi connectivity index (χ1) is 7.38. The van der Waals surface area contributed by atoms with Crippen LogP contribution in [0.25, 0.3) is 0 Å². The van der Waals surface area contributed by atoms with Crippen LogP contribution in [-0.4, -0.2) is 18.2 Å². The highest BCUT2D eigenvalue weighted by atomic mass is 16.5. The SMILES string of the molecule is CCCCCc1[nH]cc[n+]1CCOCC. The Morgan fingerprint density at radius 1 is 1.33 bits per heavy atom. The van der Waals surface area contributed by atoms with E-state index < -0.39 is 0 Å². The van der Waals surface area contributed by atoms with E-state index in [0.717, 1.165) is 26.2 Å². The van der Waals surface area contributed by atoms with Crippen LogP contribution in [0.5, 0.6) is 0 Å². The topological polar surface area (TPSA) is 28.9 Å². The fourth-order valence-corrected chi connectivity index (χ4v) is 1.67. The minimum Gasteiger partial charge on any atom is -0.378 e. The summed E-state index contributed by atoms with van der Waals surface area (Å²) < 4.78 is 7.61. The van der Waals surface area contributed by atoms with Gasteiger partial charge in [0.25, 0.3) is 5.82 Å². The van der Waals surface area contributed by atoms with E-state index in [2.05, 4.69) is 22.7 Å². The molecule has 0 bridgehead atoms. The predicted octanol–water partition coefficient (Wildman–Crippen LogP) is 2.07. The summed E-state index contributed by atoms with van der Waals surface area (Å²) in [6, 6.07) is 0. The number of aromatic nitrogens is 2. The van der Waals surface area contributed by atoms with Crippen molar-refractivity contribution in [2.75, 3.05) is 13.2 Å². The summed E-state index contributed by atoms with van der Waals surface area (Å²) in [5.74, 6) is 1.32. The van der Waals surface area contributed by atoms with E-state index >= 15 is 0 Å². The molecule has 0 fully saturated rings. The van der Waals surface area contributed by atoms with E-state index in [1.54, 1.807) is 0 Å². The maximum atomic E-state index is 5.35. The van der Waals surface area contributed by atoms with E-state index in [4.69, 9.17) is 4.74 Å². The Hall–Kier alpha value is -0.830. The van der Waals surface area contributed by atoms with Crippen LogP contribution in [0.1, 0.15) is 38.9 Å². The van der Waals surface area contributed by atoms with Crippen LogP contribution in [0.15, 0.2) is 12.4 Å². The maximum Gasteiger partial charge on any atom is 0.254 e. The Morgan fingerprint density at radius 3 is 2.93 bits per heavy atom. The van der Waals surface area contributed by atoms with E-state index in [-0.39, 0.29) is 0 Å². The average Bonchev–Trinajstić information content (AvgIpc) is 2.67. The third-order valence-electron chi connectivity index (χ3n) is 2.55. The molecular formula is C12H23N2O+. The fraction of sp³-hybridized carbons (Fsp3) is 0.750. The lowest BCUT2D eigenvalue weighted by Crippen LogP contribution is -2.38. The molecule has 1 heterocycles. The molecule has 1 aromatic rings. The summed E-state index contributed by atoms with van der Waals surface area (Å²) in [7, 11) is 0. The first-order valence-corrected chi connectivity index (χ1v) is 6.02. The Morgan fingerprint density at radius 2 is 2.20 bits per heavy atom. The standard InChI is InChI=1S/C12H22N2O/c1-3-5-6-7-12-13-8-9-14(12)10-11-15-4-2/h8-9H,3-7,10-11H2,1-2H3/p+1. The first kappa shape index (κ1) is 12.2. The zero-order chi connectivity index (χ0) is 10.9. The highest BCUT2D eigenvalue weighted by molar-refractivity contribution is 4.77. The number of nitrogens with zero attached hydrogens (tertiary/aromatic N) is 1. The van der Waals surface area contributed by atoms with Crippen molar-refractivity contribution in [2.45, 2.75) is 46.1 Å². The second kappa shape index (κ2) is 7.46. The third kappa shape index (κ3) is 4.47. The van der Waals surface area contributed by atoms with Crippen LogP contribution in [0, 0.1) is 0 Å². The van der Waals surface area contributed by atoms with Crippen molar-refractivity contribution in [1.29, 1.82) is 0 Å².